The minimum atomic E-state index is -0.426. The van der Waals surface area contributed by atoms with Crippen LogP contribution in [0, 0.1) is 5.92 Å². The topological polar surface area (TPSA) is 72.2 Å². The molecule has 0 radical (unpaired) electrons. The van der Waals surface area contributed by atoms with E-state index in [0.29, 0.717) is 22.2 Å². The van der Waals surface area contributed by atoms with Crippen LogP contribution in [0.5, 0.6) is 0 Å². The maximum Gasteiger partial charge on any atom is 0.347 e. The maximum atomic E-state index is 12.1. The fraction of sp³-hybridized carbons (Fsp3) is 0.211. The monoisotopic (exact) mass is 322 g/mol. The third-order valence-corrected chi connectivity index (χ3v) is 3.97. The summed E-state index contributed by atoms with van der Waals surface area (Å²) >= 11 is 0. The first-order valence-corrected chi connectivity index (χ1v) is 7.89. The van der Waals surface area contributed by atoms with E-state index in [1.165, 1.54) is 0 Å². The quantitative estimate of drug-likeness (QED) is 0.792. The highest BCUT2D eigenvalue weighted by Gasteiger charge is 2.12. The Morgan fingerprint density at radius 3 is 2.79 bits per heavy atom. The average Bonchev–Trinajstić information content (AvgIpc) is 2.61. The fourth-order valence-corrected chi connectivity index (χ4v) is 2.32. The molecular weight excluding hydrogens is 304 g/mol. The molecule has 0 spiro atoms. The molecule has 5 heteroatoms. The summed E-state index contributed by atoms with van der Waals surface area (Å²) in [6, 6.07) is 14.2. The molecule has 1 atom stereocenters. The van der Waals surface area contributed by atoms with Crippen molar-refractivity contribution in [2.45, 2.75) is 20.3 Å². The summed E-state index contributed by atoms with van der Waals surface area (Å²) in [6.45, 7) is 3.84. The Bertz CT molecular complexity index is 946. The maximum absolute atomic E-state index is 12.1. The Morgan fingerprint density at radius 2 is 2.00 bits per heavy atom. The molecule has 3 aromatic rings. The second-order valence-corrected chi connectivity index (χ2v) is 5.70. The molecule has 0 aliphatic rings. The molecule has 1 unspecified atom stereocenters. The molecule has 0 aliphatic heterocycles. The van der Waals surface area contributed by atoms with Crippen LogP contribution in [-0.2, 0) is 4.79 Å². The van der Waals surface area contributed by atoms with Gasteiger partial charge < -0.3 is 9.73 Å². The number of nitrogens with zero attached hydrogens (tertiary/aromatic N) is 1. The van der Waals surface area contributed by atoms with Crippen molar-refractivity contribution >= 4 is 22.5 Å². The lowest BCUT2D eigenvalue weighted by Crippen LogP contribution is -2.19. The number of fused-ring (bicyclic) bond motifs is 1. The van der Waals surface area contributed by atoms with Crippen molar-refractivity contribution in [2.24, 2.45) is 5.92 Å². The van der Waals surface area contributed by atoms with Crippen molar-refractivity contribution in [2.75, 3.05) is 5.32 Å². The molecule has 0 aliphatic carbocycles. The second kappa shape index (κ2) is 6.66. The van der Waals surface area contributed by atoms with E-state index >= 15 is 0 Å². The molecule has 1 heterocycles. The van der Waals surface area contributed by atoms with Gasteiger partial charge in [-0.15, -0.1) is 0 Å². The first-order valence-electron chi connectivity index (χ1n) is 7.89. The summed E-state index contributed by atoms with van der Waals surface area (Å²) in [5, 5.41) is 3.31. The van der Waals surface area contributed by atoms with Crippen molar-refractivity contribution in [3.05, 3.63) is 59.0 Å². The zero-order valence-corrected chi connectivity index (χ0v) is 13.6. The van der Waals surface area contributed by atoms with Gasteiger partial charge in [-0.05, 0) is 36.8 Å². The van der Waals surface area contributed by atoms with E-state index in [1.807, 2.05) is 19.9 Å². The number of carbonyl (C=O) groups is 1. The summed E-state index contributed by atoms with van der Waals surface area (Å²) in [6.07, 6.45) is 0.770. The van der Waals surface area contributed by atoms with Crippen molar-refractivity contribution in [3.8, 4) is 11.5 Å². The predicted octanol–water partition coefficient (Wildman–Crippen LogP) is 3.84. The normalized spacial score (nSPS) is 12.1. The molecule has 3 rings (SSSR count). The lowest BCUT2D eigenvalue weighted by molar-refractivity contribution is -0.119. The Morgan fingerprint density at radius 1 is 1.21 bits per heavy atom. The summed E-state index contributed by atoms with van der Waals surface area (Å²) in [5.74, 6) is 0.131. The third-order valence-electron chi connectivity index (χ3n) is 3.97. The average molecular weight is 322 g/mol. The van der Waals surface area contributed by atoms with Gasteiger partial charge in [0.2, 0.25) is 11.8 Å². The van der Waals surface area contributed by atoms with Gasteiger partial charge in [0.1, 0.15) is 0 Å². The minimum absolute atomic E-state index is 0.0393. The van der Waals surface area contributed by atoms with Crippen LogP contribution in [0.2, 0.25) is 0 Å². The fourth-order valence-electron chi connectivity index (χ4n) is 2.32. The number of rotatable bonds is 4. The van der Waals surface area contributed by atoms with Gasteiger partial charge in [0.25, 0.3) is 0 Å². The van der Waals surface area contributed by atoms with Gasteiger partial charge in [0.15, 0.2) is 0 Å². The van der Waals surface area contributed by atoms with E-state index in [1.54, 1.807) is 42.5 Å². The van der Waals surface area contributed by atoms with Crippen LogP contribution in [0.1, 0.15) is 20.3 Å². The molecule has 1 amide bonds. The summed E-state index contributed by atoms with van der Waals surface area (Å²) < 4.78 is 5.33. The van der Waals surface area contributed by atoms with Crippen LogP contribution in [0.25, 0.3) is 22.4 Å². The van der Waals surface area contributed by atoms with E-state index in [4.69, 9.17) is 4.42 Å². The largest absolute Gasteiger partial charge is 0.403 e. The standard InChI is InChI=1S/C19H18N2O3/c1-3-12(2)17(22)20-14-8-6-7-13(11-14)18-21-16-10-5-4-9-15(16)19(23)24-18/h4-12H,3H2,1-2H3,(H,20,22). The van der Waals surface area contributed by atoms with Gasteiger partial charge in [-0.25, -0.2) is 9.78 Å². The first kappa shape index (κ1) is 15.9. The van der Waals surface area contributed by atoms with Gasteiger partial charge in [-0.1, -0.05) is 32.0 Å². The lowest BCUT2D eigenvalue weighted by atomic mass is 10.1. The van der Waals surface area contributed by atoms with Gasteiger partial charge in [-0.3, -0.25) is 4.79 Å². The molecule has 2 aromatic carbocycles. The van der Waals surface area contributed by atoms with Gasteiger partial charge >= 0.3 is 5.63 Å². The smallest absolute Gasteiger partial charge is 0.347 e. The van der Waals surface area contributed by atoms with E-state index < -0.39 is 5.63 Å². The Kier molecular flexibility index (Phi) is 4.42. The van der Waals surface area contributed by atoms with Crippen LogP contribution in [0.15, 0.2) is 57.7 Å². The number of hydrogen-bond acceptors (Lipinski definition) is 4. The highest BCUT2D eigenvalue weighted by atomic mass is 16.4. The third kappa shape index (κ3) is 3.20. The molecule has 5 nitrogen and oxygen atoms in total. The molecule has 0 saturated heterocycles. The Balaban J connectivity index is 1.97. The lowest BCUT2D eigenvalue weighted by Gasteiger charge is -2.10. The Hall–Kier alpha value is -2.95. The number of carbonyl (C=O) groups excluding carboxylic acids is 1. The van der Waals surface area contributed by atoms with Crippen LogP contribution in [-0.4, -0.2) is 10.9 Å². The van der Waals surface area contributed by atoms with Crippen LogP contribution >= 0.6 is 0 Å². The van der Waals surface area contributed by atoms with Crippen molar-refractivity contribution in [1.82, 2.24) is 4.98 Å². The number of aromatic nitrogens is 1. The number of nitrogens with one attached hydrogen (secondary N) is 1. The first-order chi connectivity index (χ1) is 11.6. The number of hydrogen-bond donors (Lipinski definition) is 1. The SMILES string of the molecule is CCC(C)C(=O)Nc1cccc(-c2nc3ccccc3c(=O)o2)c1. The van der Waals surface area contributed by atoms with Crippen LogP contribution < -0.4 is 10.9 Å². The van der Waals surface area contributed by atoms with Crippen molar-refractivity contribution in [3.63, 3.8) is 0 Å². The zero-order chi connectivity index (χ0) is 17.1. The van der Waals surface area contributed by atoms with E-state index in [-0.39, 0.29) is 17.7 Å². The van der Waals surface area contributed by atoms with Gasteiger partial charge in [0, 0.05) is 17.2 Å². The van der Waals surface area contributed by atoms with Crippen molar-refractivity contribution < 1.29 is 9.21 Å². The number of anilines is 1. The molecule has 122 valence electrons. The number of para-hydroxylation sites is 1. The second-order valence-electron chi connectivity index (χ2n) is 5.70. The van der Waals surface area contributed by atoms with E-state index in [0.717, 1.165) is 6.42 Å². The van der Waals surface area contributed by atoms with E-state index in [2.05, 4.69) is 10.3 Å². The number of benzene rings is 2. The van der Waals surface area contributed by atoms with Crippen LogP contribution in [0.4, 0.5) is 5.69 Å². The van der Waals surface area contributed by atoms with Gasteiger partial charge in [-0.2, -0.15) is 0 Å². The minimum Gasteiger partial charge on any atom is -0.403 e. The molecule has 0 fully saturated rings. The molecular formula is C19H18N2O3. The molecule has 1 aromatic heterocycles. The highest BCUT2D eigenvalue weighted by Crippen LogP contribution is 2.22. The number of amides is 1. The van der Waals surface area contributed by atoms with E-state index in [9.17, 15) is 9.59 Å². The molecule has 0 saturated carbocycles. The predicted molar refractivity (Wildman–Crippen MR) is 93.8 cm³/mol. The molecule has 0 bridgehead atoms. The summed E-state index contributed by atoms with van der Waals surface area (Å²) in [4.78, 5) is 28.5. The van der Waals surface area contributed by atoms with Crippen LogP contribution in [0.3, 0.4) is 0 Å². The van der Waals surface area contributed by atoms with Crippen molar-refractivity contribution in [1.29, 1.82) is 0 Å². The summed E-state index contributed by atoms with van der Waals surface area (Å²) in [7, 11) is 0. The van der Waals surface area contributed by atoms with Gasteiger partial charge in [0.05, 0.1) is 10.9 Å². The molecule has 24 heavy (non-hydrogen) atoms. The molecule has 1 N–H and O–H groups in total. The summed E-state index contributed by atoms with van der Waals surface area (Å²) in [5.41, 5.74) is 1.44. The zero-order valence-electron chi connectivity index (χ0n) is 13.6. The highest BCUT2D eigenvalue weighted by molar-refractivity contribution is 5.92. The Labute approximate surface area is 139 Å².